The first-order chi connectivity index (χ1) is 10.3. The Kier molecular flexibility index (Phi) is 3.44. The number of carbonyl (C=O) groups excluding carboxylic acids is 2. The van der Waals surface area contributed by atoms with E-state index in [2.05, 4.69) is 0 Å². The minimum Gasteiger partial charge on any atom is -0.469 e. The van der Waals surface area contributed by atoms with E-state index in [0.717, 1.165) is 28.2 Å². The number of fused-ring (bicyclic) bond motifs is 3. The molecule has 0 aliphatic heterocycles. The molecule has 2 aromatic carbocycles. The van der Waals surface area contributed by atoms with E-state index in [4.69, 9.17) is 9.15 Å². The van der Waals surface area contributed by atoms with Gasteiger partial charge in [0.2, 0.25) is 0 Å². The van der Waals surface area contributed by atoms with Crippen LogP contribution >= 0.6 is 0 Å². The van der Waals surface area contributed by atoms with Gasteiger partial charge in [-0.15, -0.1) is 0 Å². The zero-order valence-electron chi connectivity index (χ0n) is 11.5. The Bertz CT molecular complexity index is 816. The fourth-order valence-corrected chi connectivity index (χ4v) is 2.68. The fourth-order valence-electron chi connectivity index (χ4n) is 2.68. The fraction of sp³-hybridized carbons (Fsp3) is 0.176. The number of aldehydes is 1. The predicted octanol–water partition coefficient (Wildman–Crippen LogP) is 3.43. The quantitative estimate of drug-likeness (QED) is 0.543. The third-order valence-corrected chi connectivity index (χ3v) is 3.63. The standard InChI is InChI=1S/C17H14O4/c1-20-17(19)12(9-10-18)11-6-4-8-15-16(11)13-5-2-3-7-14(13)21-15/h2-8,10,12H,9H2,1H3. The maximum atomic E-state index is 12.0. The van der Waals surface area contributed by atoms with Crippen LogP contribution in [0.5, 0.6) is 0 Å². The summed E-state index contributed by atoms with van der Waals surface area (Å²) in [5, 5.41) is 1.80. The van der Waals surface area contributed by atoms with Crippen LogP contribution in [0.1, 0.15) is 17.9 Å². The summed E-state index contributed by atoms with van der Waals surface area (Å²) in [5.41, 5.74) is 2.22. The van der Waals surface area contributed by atoms with Crippen LogP contribution < -0.4 is 0 Å². The van der Waals surface area contributed by atoms with Crippen LogP contribution in [-0.4, -0.2) is 19.4 Å². The van der Waals surface area contributed by atoms with Crippen molar-refractivity contribution in [3.63, 3.8) is 0 Å². The van der Waals surface area contributed by atoms with E-state index in [1.165, 1.54) is 7.11 Å². The number of methoxy groups -OCH3 is 1. The summed E-state index contributed by atoms with van der Waals surface area (Å²) >= 11 is 0. The summed E-state index contributed by atoms with van der Waals surface area (Å²) in [5.74, 6) is -1.03. The lowest BCUT2D eigenvalue weighted by molar-refractivity contribution is -0.143. The number of rotatable bonds is 4. The van der Waals surface area contributed by atoms with Crippen LogP contribution in [0.4, 0.5) is 0 Å². The van der Waals surface area contributed by atoms with Gasteiger partial charge in [-0.2, -0.15) is 0 Å². The molecule has 0 saturated carbocycles. The molecule has 0 aliphatic carbocycles. The molecule has 1 atom stereocenters. The molecule has 1 unspecified atom stereocenters. The van der Waals surface area contributed by atoms with Crippen molar-refractivity contribution in [2.45, 2.75) is 12.3 Å². The van der Waals surface area contributed by atoms with E-state index in [0.29, 0.717) is 5.58 Å². The van der Waals surface area contributed by atoms with Gasteiger partial charge in [0.1, 0.15) is 17.5 Å². The van der Waals surface area contributed by atoms with Gasteiger partial charge >= 0.3 is 5.97 Å². The molecule has 21 heavy (non-hydrogen) atoms. The first-order valence-corrected chi connectivity index (χ1v) is 6.68. The molecule has 0 saturated heterocycles. The Labute approximate surface area is 121 Å². The molecule has 0 aliphatic rings. The smallest absolute Gasteiger partial charge is 0.313 e. The second-order valence-corrected chi connectivity index (χ2v) is 4.80. The highest BCUT2D eigenvalue weighted by Crippen LogP contribution is 2.35. The zero-order valence-corrected chi connectivity index (χ0v) is 11.5. The van der Waals surface area contributed by atoms with Gasteiger partial charge in [-0.3, -0.25) is 4.79 Å². The first kappa shape index (κ1) is 13.4. The average molecular weight is 282 g/mol. The van der Waals surface area contributed by atoms with E-state index in [-0.39, 0.29) is 6.42 Å². The summed E-state index contributed by atoms with van der Waals surface area (Å²) in [6.07, 6.45) is 0.827. The molecule has 0 radical (unpaired) electrons. The van der Waals surface area contributed by atoms with Gasteiger partial charge in [-0.25, -0.2) is 0 Å². The van der Waals surface area contributed by atoms with Crippen molar-refractivity contribution in [3.8, 4) is 0 Å². The minimum atomic E-state index is -0.614. The lowest BCUT2D eigenvalue weighted by Crippen LogP contribution is -2.15. The summed E-state index contributed by atoms with van der Waals surface area (Å²) in [6.45, 7) is 0. The highest BCUT2D eigenvalue weighted by atomic mass is 16.5. The largest absolute Gasteiger partial charge is 0.469 e. The SMILES string of the molecule is COC(=O)C(CC=O)c1cccc2oc3ccccc3c12. The highest BCUT2D eigenvalue weighted by molar-refractivity contribution is 6.08. The maximum Gasteiger partial charge on any atom is 0.313 e. The number of esters is 1. The molecule has 0 amide bonds. The minimum absolute atomic E-state index is 0.0886. The van der Waals surface area contributed by atoms with Crippen LogP contribution in [0.2, 0.25) is 0 Å². The summed E-state index contributed by atoms with van der Waals surface area (Å²) in [4.78, 5) is 22.9. The molecule has 0 fully saturated rings. The normalized spacial score (nSPS) is 12.4. The molecule has 1 aromatic heterocycles. The summed E-state index contributed by atoms with van der Waals surface area (Å²) in [6, 6.07) is 13.2. The van der Waals surface area contributed by atoms with E-state index in [1.807, 2.05) is 42.5 Å². The predicted molar refractivity (Wildman–Crippen MR) is 79.2 cm³/mol. The third kappa shape index (κ3) is 2.18. The van der Waals surface area contributed by atoms with Crippen LogP contribution in [0.3, 0.4) is 0 Å². The molecule has 106 valence electrons. The van der Waals surface area contributed by atoms with Gasteiger partial charge in [-0.1, -0.05) is 30.3 Å². The second-order valence-electron chi connectivity index (χ2n) is 4.80. The Morgan fingerprint density at radius 2 is 1.95 bits per heavy atom. The van der Waals surface area contributed by atoms with E-state index >= 15 is 0 Å². The van der Waals surface area contributed by atoms with E-state index < -0.39 is 11.9 Å². The molecule has 3 rings (SSSR count). The molecule has 4 heteroatoms. The summed E-state index contributed by atoms with van der Waals surface area (Å²) < 4.78 is 10.6. The molecule has 1 heterocycles. The first-order valence-electron chi connectivity index (χ1n) is 6.68. The molecular weight excluding hydrogens is 268 g/mol. The van der Waals surface area contributed by atoms with Crippen molar-refractivity contribution in [1.29, 1.82) is 0 Å². The van der Waals surface area contributed by atoms with Crippen molar-refractivity contribution < 1.29 is 18.7 Å². The van der Waals surface area contributed by atoms with E-state index in [1.54, 1.807) is 0 Å². The number of benzene rings is 2. The van der Waals surface area contributed by atoms with Crippen LogP contribution in [0, 0.1) is 0 Å². The van der Waals surface area contributed by atoms with Crippen molar-refractivity contribution in [2.75, 3.05) is 7.11 Å². The van der Waals surface area contributed by atoms with Gasteiger partial charge < -0.3 is 13.9 Å². The van der Waals surface area contributed by atoms with Gasteiger partial charge in [-0.05, 0) is 17.7 Å². The van der Waals surface area contributed by atoms with Gasteiger partial charge in [0, 0.05) is 17.2 Å². The van der Waals surface area contributed by atoms with Crippen molar-refractivity contribution in [3.05, 3.63) is 48.0 Å². The molecule has 3 aromatic rings. The van der Waals surface area contributed by atoms with Crippen molar-refractivity contribution >= 4 is 34.2 Å². The van der Waals surface area contributed by atoms with Crippen LogP contribution in [0.15, 0.2) is 46.9 Å². The number of carbonyl (C=O) groups is 2. The Morgan fingerprint density at radius 1 is 1.19 bits per heavy atom. The van der Waals surface area contributed by atoms with E-state index in [9.17, 15) is 9.59 Å². The maximum absolute atomic E-state index is 12.0. The number of para-hydroxylation sites is 1. The second kappa shape index (κ2) is 5.40. The van der Waals surface area contributed by atoms with Gasteiger partial charge in [0.25, 0.3) is 0 Å². The van der Waals surface area contributed by atoms with Crippen LogP contribution in [0.25, 0.3) is 21.9 Å². The Hall–Kier alpha value is -2.62. The van der Waals surface area contributed by atoms with Gasteiger partial charge in [0.15, 0.2) is 0 Å². The third-order valence-electron chi connectivity index (χ3n) is 3.63. The molecular formula is C17H14O4. The number of furan rings is 1. The number of ether oxygens (including phenoxy) is 1. The Morgan fingerprint density at radius 3 is 2.71 bits per heavy atom. The van der Waals surface area contributed by atoms with Gasteiger partial charge in [0.05, 0.1) is 13.0 Å². The zero-order chi connectivity index (χ0) is 14.8. The Balaban J connectivity index is 2.30. The molecule has 4 nitrogen and oxygen atoms in total. The van der Waals surface area contributed by atoms with Crippen molar-refractivity contribution in [1.82, 2.24) is 0 Å². The number of hydrogen-bond acceptors (Lipinski definition) is 4. The average Bonchev–Trinajstić information content (AvgIpc) is 2.90. The monoisotopic (exact) mass is 282 g/mol. The molecule has 0 N–H and O–H groups in total. The van der Waals surface area contributed by atoms with Crippen LogP contribution in [-0.2, 0) is 14.3 Å². The van der Waals surface area contributed by atoms with Crippen molar-refractivity contribution in [2.24, 2.45) is 0 Å². The molecule has 0 spiro atoms. The molecule has 0 bridgehead atoms. The number of hydrogen-bond donors (Lipinski definition) is 0. The highest BCUT2D eigenvalue weighted by Gasteiger charge is 2.25. The summed E-state index contributed by atoms with van der Waals surface area (Å²) in [7, 11) is 1.33. The topological polar surface area (TPSA) is 56.5 Å². The lowest BCUT2D eigenvalue weighted by Gasteiger charge is -2.13. The lowest BCUT2D eigenvalue weighted by atomic mass is 9.92.